The molecule has 1 fully saturated rings. The largest absolute Gasteiger partial charge is 0.268 e. The average Bonchev–Trinajstić information content (AvgIpc) is 2.51. The van der Waals surface area contributed by atoms with E-state index in [1.165, 1.54) is 9.13 Å². The van der Waals surface area contributed by atoms with Crippen molar-refractivity contribution >= 4 is 45.2 Å². The van der Waals surface area contributed by atoms with E-state index in [4.69, 9.17) is 0 Å². The minimum absolute atomic E-state index is 0.0193. The van der Waals surface area contributed by atoms with Gasteiger partial charge in [-0.05, 0) is 79.0 Å². The molecule has 0 unspecified atom stereocenters. The number of hydrogen-bond acceptors (Lipinski definition) is 2. The van der Waals surface area contributed by atoms with Gasteiger partial charge in [-0.1, -0.05) is 34.7 Å². The Labute approximate surface area is 157 Å². The zero-order chi connectivity index (χ0) is 15.7. The molecule has 3 nitrogen and oxygen atoms in total. The molecule has 0 bridgehead atoms. The second-order valence-corrected chi connectivity index (χ2v) is 9.27. The van der Waals surface area contributed by atoms with Crippen LogP contribution >= 0.6 is 45.2 Å². The van der Waals surface area contributed by atoms with Gasteiger partial charge in [-0.2, -0.15) is 5.10 Å². The van der Waals surface area contributed by atoms with Crippen LogP contribution in [0.5, 0.6) is 0 Å². The van der Waals surface area contributed by atoms with Gasteiger partial charge in [0, 0.05) is 13.1 Å². The molecule has 1 aromatic heterocycles. The standard InChI is InChI=1S/C17H18I2N2O/c1-12-5-6-16(22)21(20-12)15-7-9-17(19,10-8-15)13-3-2-4-14(18)11-13/h2-6,11,15H,7-10H2,1H3. The third-order valence-electron chi connectivity index (χ3n) is 4.39. The first-order chi connectivity index (χ1) is 10.5. The zero-order valence-corrected chi connectivity index (χ0v) is 16.7. The van der Waals surface area contributed by atoms with Gasteiger partial charge in [-0.25, -0.2) is 4.68 Å². The predicted octanol–water partition coefficient (Wildman–Crippen LogP) is 4.60. The number of rotatable bonds is 2. The summed E-state index contributed by atoms with van der Waals surface area (Å²) < 4.78 is 3.16. The summed E-state index contributed by atoms with van der Waals surface area (Å²) >= 11 is 4.98. The maximum atomic E-state index is 12.0. The van der Waals surface area contributed by atoms with Crippen molar-refractivity contribution in [3.8, 4) is 0 Å². The predicted molar refractivity (Wildman–Crippen MR) is 106 cm³/mol. The normalized spacial score (nSPS) is 25.1. The molecule has 3 rings (SSSR count). The molecule has 0 radical (unpaired) electrons. The highest BCUT2D eigenvalue weighted by Gasteiger charge is 2.35. The highest BCUT2D eigenvalue weighted by molar-refractivity contribution is 14.1. The van der Waals surface area contributed by atoms with Crippen LogP contribution in [0.15, 0.2) is 41.2 Å². The fourth-order valence-corrected chi connectivity index (χ4v) is 4.64. The lowest BCUT2D eigenvalue weighted by molar-refractivity contribution is 0.285. The number of aryl methyl sites for hydroxylation is 1. The molecular weight excluding hydrogens is 502 g/mol. The van der Waals surface area contributed by atoms with E-state index in [2.05, 4.69) is 74.5 Å². The number of nitrogens with zero attached hydrogens (tertiary/aromatic N) is 2. The summed E-state index contributed by atoms with van der Waals surface area (Å²) in [4.78, 5) is 12.0. The zero-order valence-electron chi connectivity index (χ0n) is 12.4. The fraction of sp³-hybridized carbons (Fsp3) is 0.412. The lowest BCUT2D eigenvalue weighted by Gasteiger charge is -2.36. The van der Waals surface area contributed by atoms with E-state index >= 15 is 0 Å². The topological polar surface area (TPSA) is 34.9 Å². The third-order valence-corrected chi connectivity index (χ3v) is 6.77. The molecule has 1 saturated carbocycles. The lowest BCUT2D eigenvalue weighted by atomic mass is 9.81. The maximum absolute atomic E-state index is 12.0. The van der Waals surface area contributed by atoms with Crippen LogP contribution in [0.2, 0.25) is 0 Å². The number of aromatic nitrogens is 2. The van der Waals surface area contributed by atoms with Gasteiger partial charge in [-0.3, -0.25) is 4.79 Å². The van der Waals surface area contributed by atoms with Crippen molar-refractivity contribution in [2.24, 2.45) is 0 Å². The van der Waals surface area contributed by atoms with E-state index in [1.54, 1.807) is 16.8 Å². The van der Waals surface area contributed by atoms with Crippen molar-refractivity contribution in [1.29, 1.82) is 0 Å². The maximum Gasteiger partial charge on any atom is 0.267 e. The molecule has 2 aromatic rings. The van der Waals surface area contributed by atoms with Gasteiger partial charge >= 0.3 is 0 Å². The van der Waals surface area contributed by atoms with Crippen molar-refractivity contribution in [3.05, 3.63) is 61.6 Å². The van der Waals surface area contributed by atoms with E-state index in [9.17, 15) is 4.79 Å². The Morgan fingerprint density at radius 1 is 1.23 bits per heavy atom. The van der Waals surface area contributed by atoms with E-state index in [0.717, 1.165) is 31.4 Å². The molecule has 1 heterocycles. The van der Waals surface area contributed by atoms with Crippen LogP contribution in [-0.2, 0) is 3.42 Å². The Bertz CT molecular complexity index is 733. The summed E-state index contributed by atoms with van der Waals surface area (Å²) in [5.74, 6) is 0. The molecular formula is C17H18I2N2O. The summed E-state index contributed by atoms with van der Waals surface area (Å²) in [5, 5.41) is 4.43. The summed E-state index contributed by atoms with van der Waals surface area (Å²) in [7, 11) is 0. The third kappa shape index (κ3) is 3.39. The van der Waals surface area contributed by atoms with Crippen LogP contribution in [0, 0.1) is 10.5 Å². The number of alkyl halides is 1. The number of hydrogen-bond donors (Lipinski definition) is 0. The summed E-state index contributed by atoms with van der Waals surface area (Å²) in [6.45, 7) is 1.94. The molecule has 0 amide bonds. The average molecular weight is 520 g/mol. The SMILES string of the molecule is Cc1ccc(=O)n(C2CCC(I)(c3cccc(I)c3)CC2)n1. The van der Waals surface area contributed by atoms with Gasteiger partial charge < -0.3 is 0 Å². The van der Waals surface area contributed by atoms with Crippen LogP contribution in [0.3, 0.4) is 0 Å². The van der Waals surface area contributed by atoms with Crippen LogP contribution in [0.4, 0.5) is 0 Å². The van der Waals surface area contributed by atoms with Crippen LogP contribution in [0.1, 0.15) is 43.0 Å². The molecule has 1 aliphatic carbocycles. The highest BCUT2D eigenvalue weighted by atomic mass is 127. The summed E-state index contributed by atoms with van der Waals surface area (Å²) in [6.07, 6.45) is 4.18. The Morgan fingerprint density at radius 2 is 1.95 bits per heavy atom. The monoisotopic (exact) mass is 520 g/mol. The molecule has 1 aliphatic rings. The van der Waals surface area contributed by atoms with Gasteiger partial charge in [0.1, 0.15) is 0 Å². The van der Waals surface area contributed by atoms with E-state index in [1.807, 2.05) is 6.92 Å². The molecule has 1 aromatic carbocycles. The Kier molecular flexibility index (Phi) is 4.92. The molecule has 22 heavy (non-hydrogen) atoms. The van der Waals surface area contributed by atoms with Crippen molar-refractivity contribution in [2.45, 2.75) is 42.1 Å². The lowest BCUT2D eigenvalue weighted by Crippen LogP contribution is -2.33. The summed E-state index contributed by atoms with van der Waals surface area (Å²) in [6, 6.07) is 12.4. The quantitative estimate of drug-likeness (QED) is 0.429. The first kappa shape index (κ1) is 16.4. The van der Waals surface area contributed by atoms with Crippen molar-refractivity contribution in [2.75, 3.05) is 0 Å². The van der Waals surface area contributed by atoms with Crippen LogP contribution in [0.25, 0.3) is 0 Å². The Morgan fingerprint density at radius 3 is 2.64 bits per heavy atom. The van der Waals surface area contributed by atoms with Gasteiger partial charge in [0.05, 0.1) is 11.7 Å². The first-order valence-corrected chi connectivity index (χ1v) is 9.65. The number of halogens is 2. The van der Waals surface area contributed by atoms with Gasteiger partial charge in [0.15, 0.2) is 0 Å². The van der Waals surface area contributed by atoms with Crippen molar-refractivity contribution in [1.82, 2.24) is 9.78 Å². The van der Waals surface area contributed by atoms with Crippen LogP contribution in [-0.4, -0.2) is 9.78 Å². The Balaban J connectivity index is 1.80. The van der Waals surface area contributed by atoms with Crippen LogP contribution < -0.4 is 5.56 Å². The minimum Gasteiger partial charge on any atom is -0.268 e. The molecule has 0 N–H and O–H groups in total. The highest BCUT2D eigenvalue weighted by Crippen LogP contribution is 2.47. The molecule has 0 saturated heterocycles. The van der Waals surface area contributed by atoms with E-state index in [-0.39, 0.29) is 15.0 Å². The smallest absolute Gasteiger partial charge is 0.267 e. The molecule has 5 heteroatoms. The van der Waals surface area contributed by atoms with Gasteiger partial charge in [-0.15, -0.1) is 0 Å². The van der Waals surface area contributed by atoms with E-state index < -0.39 is 0 Å². The number of benzene rings is 1. The molecule has 116 valence electrons. The second kappa shape index (κ2) is 6.59. The van der Waals surface area contributed by atoms with E-state index in [0.29, 0.717) is 0 Å². The van der Waals surface area contributed by atoms with Crippen molar-refractivity contribution in [3.63, 3.8) is 0 Å². The molecule has 0 aliphatic heterocycles. The first-order valence-electron chi connectivity index (χ1n) is 7.49. The molecule has 0 atom stereocenters. The summed E-state index contributed by atoms with van der Waals surface area (Å²) in [5.41, 5.74) is 2.33. The van der Waals surface area contributed by atoms with Gasteiger partial charge in [0.25, 0.3) is 5.56 Å². The minimum atomic E-state index is 0.0193. The second-order valence-electron chi connectivity index (χ2n) is 5.96. The fourth-order valence-electron chi connectivity index (χ4n) is 3.14. The van der Waals surface area contributed by atoms with Gasteiger partial charge in [0.2, 0.25) is 0 Å². The van der Waals surface area contributed by atoms with Crippen molar-refractivity contribution < 1.29 is 0 Å². The molecule has 0 spiro atoms. The Hall–Kier alpha value is -0.440.